The molecule has 0 saturated carbocycles. The van der Waals surface area contributed by atoms with Gasteiger partial charge in [-0.1, -0.05) is 29.8 Å². The number of carbonyl (C=O) groups excluding carboxylic acids is 3. The fourth-order valence-corrected chi connectivity index (χ4v) is 2.18. The molecule has 0 heterocycles. The molecule has 0 spiro atoms. The summed E-state index contributed by atoms with van der Waals surface area (Å²) < 4.78 is 0. The van der Waals surface area contributed by atoms with Crippen molar-refractivity contribution in [3.63, 3.8) is 0 Å². The number of amides is 3. The summed E-state index contributed by atoms with van der Waals surface area (Å²) in [5, 5.41) is 8.07. The maximum atomic E-state index is 12.2. The molecule has 0 bridgehead atoms. The van der Waals surface area contributed by atoms with Gasteiger partial charge in [-0.05, 0) is 26.3 Å². The van der Waals surface area contributed by atoms with Gasteiger partial charge in [0.1, 0.15) is 6.04 Å². The molecule has 0 aliphatic heterocycles. The highest BCUT2D eigenvalue weighted by molar-refractivity contribution is 5.87. The van der Waals surface area contributed by atoms with Crippen LogP contribution in [0.2, 0.25) is 0 Å². The van der Waals surface area contributed by atoms with Crippen molar-refractivity contribution >= 4 is 17.7 Å². The van der Waals surface area contributed by atoms with E-state index in [0.29, 0.717) is 6.54 Å². The molecular weight excluding hydrogens is 294 g/mol. The first-order valence-electron chi connectivity index (χ1n) is 7.74. The summed E-state index contributed by atoms with van der Waals surface area (Å²) in [6.07, 6.45) is 0.0758. The minimum Gasteiger partial charge on any atom is -0.355 e. The lowest BCUT2D eigenvalue weighted by Crippen LogP contribution is -2.45. The van der Waals surface area contributed by atoms with Crippen LogP contribution in [0.4, 0.5) is 0 Å². The third-order valence-electron chi connectivity index (χ3n) is 3.37. The Morgan fingerprint density at radius 3 is 2.22 bits per heavy atom. The van der Waals surface area contributed by atoms with E-state index in [-0.39, 0.29) is 24.1 Å². The molecule has 23 heavy (non-hydrogen) atoms. The van der Waals surface area contributed by atoms with E-state index >= 15 is 0 Å². The van der Waals surface area contributed by atoms with E-state index in [2.05, 4.69) is 16.0 Å². The largest absolute Gasteiger partial charge is 0.355 e. The normalized spacial score (nSPS) is 12.9. The Labute approximate surface area is 137 Å². The monoisotopic (exact) mass is 319 g/mol. The van der Waals surface area contributed by atoms with Crippen molar-refractivity contribution in [1.29, 1.82) is 0 Å². The van der Waals surface area contributed by atoms with Gasteiger partial charge in [0.2, 0.25) is 17.7 Å². The maximum absolute atomic E-state index is 12.2. The third kappa shape index (κ3) is 6.50. The van der Waals surface area contributed by atoms with Crippen LogP contribution in [-0.2, 0) is 14.4 Å². The molecule has 0 fully saturated rings. The molecule has 3 N–H and O–H groups in total. The van der Waals surface area contributed by atoms with Crippen molar-refractivity contribution in [2.75, 3.05) is 6.54 Å². The molecular formula is C17H25N3O3. The van der Waals surface area contributed by atoms with Crippen LogP contribution in [0.3, 0.4) is 0 Å². The van der Waals surface area contributed by atoms with Gasteiger partial charge < -0.3 is 16.0 Å². The van der Waals surface area contributed by atoms with Crippen molar-refractivity contribution in [1.82, 2.24) is 16.0 Å². The van der Waals surface area contributed by atoms with E-state index in [1.165, 1.54) is 6.92 Å². The van der Waals surface area contributed by atoms with Crippen LogP contribution in [0.5, 0.6) is 0 Å². The highest BCUT2D eigenvalue weighted by Crippen LogP contribution is 2.17. The predicted octanol–water partition coefficient (Wildman–Crippen LogP) is 1.20. The summed E-state index contributed by atoms with van der Waals surface area (Å²) in [6.45, 7) is 7.34. The Kier molecular flexibility index (Phi) is 7.25. The van der Waals surface area contributed by atoms with Crippen LogP contribution in [0.15, 0.2) is 24.3 Å². The fraction of sp³-hybridized carbons (Fsp3) is 0.471. The number of carbonyl (C=O) groups is 3. The lowest BCUT2D eigenvalue weighted by atomic mass is 10.0. The average Bonchev–Trinajstić information content (AvgIpc) is 2.47. The number of nitrogens with one attached hydrogen (secondary N) is 3. The van der Waals surface area contributed by atoms with Gasteiger partial charge in [0.05, 0.1) is 12.5 Å². The second-order valence-electron chi connectivity index (χ2n) is 5.55. The van der Waals surface area contributed by atoms with Crippen molar-refractivity contribution in [2.24, 2.45) is 0 Å². The van der Waals surface area contributed by atoms with Gasteiger partial charge in [0.15, 0.2) is 0 Å². The second kappa shape index (κ2) is 8.92. The zero-order valence-electron chi connectivity index (χ0n) is 14.1. The first kappa shape index (κ1) is 18.7. The average molecular weight is 319 g/mol. The Balaban J connectivity index is 2.73. The van der Waals surface area contributed by atoms with Gasteiger partial charge in [0.25, 0.3) is 0 Å². The molecule has 1 aromatic rings. The van der Waals surface area contributed by atoms with Gasteiger partial charge in [0, 0.05) is 13.5 Å². The highest BCUT2D eigenvalue weighted by atomic mass is 16.2. The zero-order chi connectivity index (χ0) is 17.4. The Morgan fingerprint density at radius 2 is 1.70 bits per heavy atom. The topological polar surface area (TPSA) is 87.3 Å². The Morgan fingerprint density at radius 1 is 1.09 bits per heavy atom. The molecule has 0 aliphatic carbocycles. The van der Waals surface area contributed by atoms with Gasteiger partial charge in [-0.2, -0.15) is 0 Å². The van der Waals surface area contributed by atoms with Crippen LogP contribution in [0, 0.1) is 6.92 Å². The first-order valence-corrected chi connectivity index (χ1v) is 7.74. The minimum absolute atomic E-state index is 0.0758. The van der Waals surface area contributed by atoms with Crippen LogP contribution < -0.4 is 16.0 Å². The van der Waals surface area contributed by atoms with Crippen LogP contribution >= 0.6 is 0 Å². The standard InChI is InChI=1S/C17H25N3O3/c1-5-18-17(23)12(3)19-16(22)10-15(20-13(4)21)14-8-6-11(2)7-9-14/h6-9,12,15H,5,10H2,1-4H3,(H,18,23)(H,19,22)(H,20,21). The molecule has 0 aromatic heterocycles. The second-order valence-corrected chi connectivity index (χ2v) is 5.55. The van der Waals surface area contributed by atoms with Crippen molar-refractivity contribution in [3.05, 3.63) is 35.4 Å². The molecule has 0 aliphatic rings. The van der Waals surface area contributed by atoms with E-state index < -0.39 is 12.1 Å². The molecule has 2 atom stereocenters. The fourth-order valence-electron chi connectivity index (χ4n) is 2.18. The number of rotatable bonds is 7. The summed E-state index contributed by atoms with van der Waals surface area (Å²) in [4.78, 5) is 35.2. The van der Waals surface area contributed by atoms with Gasteiger partial charge in [-0.25, -0.2) is 0 Å². The van der Waals surface area contributed by atoms with E-state index in [0.717, 1.165) is 11.1 Å². The summed E-state index contributed by atoms with van der Waals surface area (Å²) in [6, 6.07) is 6.60. The van der Waals surface area contributed by atoms with E-state index in [1.807, 2.05) is 38.1 Å². The predicted molar refractivity (Wildman–Crippen MR) is 88.6 cm³/mol. The molecule has 2 unspecified atom stereocenters. The third-order valence-corrected chi connectivity index (χ3v) is 3.37. The van der Waals surface area contributed by atoms with E-state index in [1.54, 1.807) is 6.92 Å². The van der Waals surface area contributed by atoms with Crippen LogP contribution in [0.25, 0.3) is 0 Å². The van der Waals surface area contributed by atoms with Gasteiger partial charge >= 0.3 is 0 Å². The summed E-state index contributed by atoms with van der Waals surface area (Å²) >= 11 is 0. The zero-order valence-corrected chi connectivity index (χ0v) is 14.1. The molecule has 126 valence electrons. The van der Waals surface area contributed by atoms with Crippen LogP contribution in [0.1, 0.15) is 44.4 Å². The molecule has 0 radical (unpaired) electrons. The molecule has 1 aromatic carbocycles. The van der Waals surface area contributed by atoms with Crippen molar-refractivity contribution < 1.29 is 14.4 Å². The first-order chi connectivity index (χ1) is 10.8. The smallest absolute Gasteiger partial charge is 0.242 e. The number of likely N-dealkylation sites (N-methyl/N-ethyl adjacent to an activating group) is 1. The lowest BCUT2D eigenvalue weighted by Gasteiger charge is -2.20. The minimum atomic E-state index is -0.613. The number of benzene rings is 1. The molecule has 6 nitrogen and oxygen atoms in total. The summed E-state index contributed by atoms with van der Waals surface area (Å²) in [7, 11) is 0. The summed E-state index contributed by atoms with van der Waals surface area (Å²) in [5.74, 6) is -0.726. The van der Waals surface area contributed by atoms with E-state index in [9.17, 15) is 14.4 Å². The molecule has 3 amide bonds. The van der Waals surface area contributed by atoms with Crippen LogP contribution in [-0.4, -0.2) is 30.3 Å². The van der Waals surface area contributed by atoms with E-state index in [4.69, 9.17) is 0 Å². The van der Waals surface area contributed by atoms with Crippen molar-refractivity contribution in [3.8, 4) is 0 Å². The maximum Gasteiger partial charge on any atom is 0.242 e. The number of hydrogen-bond acceptors (Lipinski definition) is 3. The van der Waals surface area contributed by atoms with Gasteiger partial charge in [-0.15, -0.1) is 0 Å². The molecule has 6 heteroatoms. The quantitative estimate of drug-likeness (QED) is 0.706. The Bertz CT molecular complexity index is 555. The SMILES string of the molecule is CCNC(=O)C(C)NC(=O)CC(NC(C)=O)c1ccc(C)cc1. The lowest BCUT2D eigenvalue weighted by molar-refractivity contribution is -0.129. The van der Waals surface area contributed by atoms with Crippen molar-refractivity contribution in [2.45, 2.75) is 46.2 Å². The van der Waals surface area contributed by atoms with Gasteiger partial charge in [-0.3, -0.25) is 14.4 Å². The Hall–Kier alpha value is -2.37. The number of hydrogen-bond donors (Lipinski definition) is 3. The molecule has 0 saturated heterocycles. The highest BCUT2D eigenvalue weighted by Gasteiger charge is 2.20. The summed E-state index contributed by atoms with van der Waals surface area (Å²) in [5.41, 5.74) is 1.95. The molecule has 1 rings (SSSR count). The number of aryl methyl sites for hydroxylation is 1.